The maximum Gasteiger partial charge on any atom is 0.225 e. The van der Waals surface area contributed by atoms with Crippen molar-refractivity contribution in [3.8, 4) is 0 Å². The molecule has 4 nitrogen and oxygen atoms in total. The molecule has 0 aliphatic carbocycles. The predicted molar refractivity (Wildman–Crippen MR) is 97.6 cm³/mol. The minimum absolute atomic E-state index is 0.0804. The fraction of sp³-hybridized carbons (Fsp3) is 0.650. The van der Waals surface area contributed by atoms with Crippen LogP contribution in [0.4, 0.5) is 0 Å². The van der Waals surface area contributed by atoms with Crippen molar-refractivity contribution < 1.29 is 9.90 Å². The first-order valence-electron chi connectivity index (χ1n) is 9.33. The van der Waals surface area contributed by atoms with Crippen LogP contribution < -0.4 is 5.32 Å². The highest BCUT2D eigenvalue weighted by Gasteiger charge is 2.27. The zero-order chi connectivity index (χ0) is 17.5. The molecule has 1 atom stereocenters. The van der Waals surface area contributed by atoms with E-state index in [1.807, 2.05) is 17.0 Å². The van der Waals surface area contributed by atoms with E-state index in [-0.39, 0.29) is 18.6 Å². The second-order valence-electron chi connectivity index (χ2n) is 6.90. The summed E-state index contributed by atoms with van der Waals surface area (Å²) < 4.78 is 0. The summed E-state index contributed by atoms with van der Waals surface area (Å²) in [6, 6.07) is 8.80. The van der Waals surface area contributed by atoms with E-state index in [2.05, 4.69) is 38.2 Å². The molecule has 1 aliphatic rings. The topological polar surface area (TPSA) is 52.6 Å². The average Bonchev–Trinajstić information content (AvgIpc) is 2.63. The molecule has 2 N–H and O–H groups in total. The summed E-state index contributed by atoms with van der Waals surface area (Å²) in [7, 11) is 0. The normalized spacial score (nSPS) is 17.3. The van der Waals surface area contributed by atoms with Crippen LogP contribution in [0.15, 0.2) is 24.3 Å². The molecule has 1 aromatic carbocycles. The molecule has 0 aromatic heterocycles. The van der Waals surface area contributed by atoms with Gasteiger partial charge in [-0.1, -0.05) is 38.1 Å². The number of aliphatic hydroxyl groups excluding tert-OH is 1. The lowest BCUT2D eigenvalue weighted by atomic mass is 9.97. The maximum absolute atomic E-state index is 12.5. The fourth-order valence-electron chi connectivity index (χ4n) is 3.57. The van der Waals surface area contributed by atoms with Crippen molar-refractivity contribution in [3.05, 3.63) is 35.4 Å². The number of amides is 1. The summed E-state index contributed by atoms with van der Waals surface area (Å²) in [6.07, 6.45) is 3.89. The molecular weight excluding hydrogens is 300 g/mol. The number of aliphatic hydroxyl groups is 1. The van der Waals surface area contributed by atoms with E-state index < -0.39 is 0 Å². The Bertz CT molecular complexity index is 520. The number of hydrogen-bond donors (Lipinski definition) is 2. The maximum atomic E-state index is 12.5. The molecule has 134 valence electrons. The molecule has 1 aromatic rings. The molecule has 1 aliphatic heterocycles. The van der Waals surface area contributed by atoms with Gasteiger partial charge >= 0.3 is 0 Å². The SMILES string of the molecule is CCC(CC)C(=O)N1CCC(NC(C)c2cccc(CO)c2)CC1. The Kier molecular flexibility index (Phi) is 7.25. The summed E-state index contributed by atoms with van der Waals surface area (Å²) in [4.78, 5) is 14.5. The first kappa shape index (κ1) is 18.9. The van der Waals surface area contributed by atoms with Gasteiger partial charge < -0.3 is 15.3 Å². The molecule has 0 bridgehead atoms. The van der Waals surface area contributed by atoms with E-state index in [0.29, 0.717) is 11.9 Å². The zero-order valence-corrected chi connectivity index (χ0v) is 15.3. The van der Waals surface area contributed by atoms with Gasteiger partial charge in [-0.05, 0) is 43.7 Å². The predicted octanol–water partition coefficient (Wildman–Crippen LogP) is 3.26. The van der Waals surface area contributed by atoms with E-state index in [0.717, 1.165) is 44.3 Å². The molecule has 24 heavy (non-hydrogen) atoms. The van der Waals surface area contributed by atoms with E-state index in [4.69, 9.17) is 0 Å². The van der Waals surface area contributed by atoms with E-state index in [1.165, 1.54) is 5.56 Å². The number of nitrogens with zero attached hydrogens (tertiary/aromatic N) is 1. The second kappa shape index (κ2) is 9.19. The quantitative estimate of drug-likeness (QED) is 0.806. The van der Waals surface area contributed by atoms with Gasteiger partial charge in [0.05, 0.1) is 6.61 Å². The molecule has 2 rings (SSSR count). The largest absolute Gasteiger partial charge is 0.392 e. The lowest BCUT2D eigenvalue weighted by Crippen LogP contribution is -2.47. The monoisotopic (exact) mass is 332 g/mol. The van der Waals surface area contributed by atoms with Crippen LogP contribution in [0.3, 0.4) is 0 Å². The Labute approximate surface area is 146 Å². The third kappa shape index (κ3) is 4.81. The molecule has 0 radical (unpaired) electrons. The van der Waals surface area contributed by atoms with Crippen LogP contribution in [0.2, 0.25) is 0 Å². The molecular formula is C20H32N2O2. The fourth-order valence-corrected chi connectivity index (χ4v) is 3.57. The van der Waals surface area contributed by atoms with Gasteiger partial charge in [-0.25, -0.2) is 0 Å². The molecule has 1 amide bonds. The molecule has 1 unspecified atom stereocenters. The Balaban J connectivity index is 1.85. The number of piperidine rings is 1. The van der Waals surface area contributed by atoms with Crippen molar-refractivity contribution >= 4 is 5.91 Å². The van der Waals surface area contributed by atoms with Crippen LogP contribution in [0, 0.1) is 5.92 Å². The Hall–Kier alpha value is -1.39. The molecule has 0 spiro atoms. The smallest absolute Gasteiger partial charge is 0.225 e. The van der Waals surface area contributed by atoms with Crippen LogP contribution in [-0.4, -0.2) is 35.0 Å². The Morgan fingerprint density at radius 1 is 1.29 bits per heavy atom. The van der Waals surface area contributed by atoms with E-state index in [1.54, 1.807) is 0 Å². The lowest BCUT2D eigenvalue weighted by Gasteiger charge is -2.35. The lowest BCUT2D eigenvalue weighted by molar-refractivity contribution is -0.136. The van der Waals surface area contributed by atoms with Gasteiger partial charge in [0.1, 0.15) is 0 Å². The Morgan fingerprint density at radius 3 is 2.54 bits per heavy atom. The molecule has 1 fully saturated rings. The minimum Gasteiger partial charge on any atom is -0.392 e. The summed E-state index contributed by atoms with van der Waals surface area (Å²) in [6.45, 7) is 8.16. The summed E-state index contributed by atoms with van der Waals surface area (Å²) in [5.41, 5.74) is 2.16. The highest BCUT2D eigenvalue weighted by Crippen LogP contribution is 2.21. The highest BCUT2D eigenvalue weighted by molar-refractivity contribution is 5.78. The van der Waals surface area contributed by atoms with Gasteiger partial charge in [0.25, 0.3) is 0 Å². The van der Waals surface area contributed by atoms with E-state index in [9.17, 15) is 9.90 Å². The summed E-state index contributed by atoms with van der Waals surface area (Å²) in [5.74, 6) is 0.525. The third-order valence-corrected chi connectivity index (χ3v) is 5.26. The van der Waals surface area contributed by atoms with Gasteiger partial charge in [0.15, 0.2) is 0 Å². The van der Waals surface area contributed by atoms with Crippen molar-refractivity contribution in [3.63, 3.8) is 0 Å². The van der Waals surface area contributed by atoms with Crippen LogP contribution in [0.25, 0.3) is 0 Å². The zero-order valence-electron chi connectivity index (χ0n) is 15.3. The van der Waals surface area contributed by atoms with Crippen molar-refractivity contribution in [1.29, 1.82) is 0 Å². The summed E-state index contributed by atoms with van der Waals surface area (Å²) >= 11 is 0. The van der Waals surface area contributed by atoms with Crippen LogP contribution >= 0.6 is 0 Å². The minimum atomic E-state index is 0.0804. The number of carbonyl (C=O) groups excluding carboxylic acids is 1. The van der Waals surface area contributed by atoms with E-state index >= 15 is 0 Å². The molecule has 0 saturated carbocycles. The van der Waals surface area contributed by atoms with Crippen molar-refractivity contribution in [1.82, 2.24) is 10.2 Å². The number of rotatable bonds is 7. The van der Waals surface area contributed by atoms with Gasteiger partial charge in [-0.2, -0.15) is 0 Å². The van der Waals surface area contributed by atoms with Crippen molar-refractivity contribution in [2.45, 2.75) is 65.1 Å². The van der Waals surface area contributed by atoms with Gasteiger partial charge in [0.2, 0.25) is 5.91 Å². The summed E-state index contributed by atoms with van der Waals surface area (Å²) in [5, 5.41) is 13.0. The van der Waals surface area contributed by atoms with Gasteiger partial charge in [-0.3, -0.25) is 4.79 Å². The van der Waals surface area contributed by atoms with Gasteiger partial charge in [0, 0.05) is 31.1 Å². The van der Waals surface area contributed by atoms with Crippen LogP contribution in [0.1, 0.15) is 63.6 Å². The molecule has 4 heteroatoms. The number of benzene rings is 1. The Morgan fingerprint density at radius 2 is 1.96 bits per heavy atom. The number of likely N-dealkylation sites (tertiary alicyclic amines) is 1. The van der Waals surface area contributed by atoms with Crippen molar-refractivity contribution in [2.75, 3.05) is 13.1 Å². The molecule has 1 saturated heterocycles. The van der Waals surface area contributed by atoms with Crippen molar-refractivity contribution in [2.24, 2.45) is 5.92 Å². The molecule has 1 heterocycles. The number of hydrogen-bond acceptors (Lipinski definition) is 3. The second-order valence-corrected chi connectivity index (χ2v) is 6.90. The number of nitrogens with one attached hydrogen (secondary N) is 1. The highest BCUT2D eigenvalue weighted by atomic mass is 16.3. The first-order chi connectivity index (χ1) is 11.6. The first-order valence-corrected chi connectivity index (χ1v) is 9.33. The standard InChI is InChI=1S/C20H32N2O2/c1-4-17(5-2)20(24)22-11-9-19(10-12-22)21-15(3)18-8-6-7-16(13-18)14-23/h6-8,13,15,17,19,21,23H,4-5,9-12,14H2,1-3H3. The van der Waals surface area contributed by atoms with Gasteiger partial charge in [-0.15, -0.1) is 0 Å². The average molecular weight is 332 g/mol. The van der Waals surface area contributed by atoms with Crippen LogP contribution in [0.5, 0.6) is 0 Å². The van der Waals surface area contributed by atoms with Crippen LogP contribution in [-0.2, 0) is 11.4 Å². The third-order valence-electron chi connectivity index (χ3n) is 5.26. The number of carbonyl (C=O) groups is 1.